The fourth-order valence-corrected chi connectivity index (χ4v) is 12.1. The smallest absolute Gasteiger partial charge is 0.228 e. The molecule has 0 saturated carbocycles. The minimum absolute atomic E-state index is 0.0251. The lowest BCUT2D eigenvalue weighted by Crippen LogP contribution is -2.44. The zero-order valence-electron chi connectivity index (χ0n) is 48.6. The summed E-state index contributed by atoms with van der Waals surface area (Å²) in [5.41, 5.74) is 15.6. The van der Waals surface area contributed by atoms with Crippen LogP contribution in [-0.2, 0) is 35.3 Å². The monoisotopic (exact) mass is 1200 g/mol. The third kappa shape index (κ3) is 15.4. The number of halogens is 1. The van der Waals surface area contributed by atoms with E-state index in [0.29, 0.717) is 23.9 Å². The highest BCUT2D eigenvalue weighted by Gasteiger charge is 2.29. The van der Waals surface area contributed by atoms with Crippen LogP contribution in [-0.4, -0.2) is 144 Å². The number of carbonyl (C=O) groups excluding carboxylic acids is 2. The molecule has 0 spiro atoms. The van der Waals surface area contributed by atoms with Crippen molar-refractivity contribution in [2.24, 2.45) is 0 Å². The van der Waals surface area contributed by atoms with Gasteiger partial charge < -0.3 is 40.9 Å². The van der Waals surface area contributed by atoms with Crippen LogP contribution in [0.2, 0.25) is 0 Å². The first kappa shape index (κ1) is 58.6. The molecule has 8 aromatic rings. The van der Waals surface area contributed by atoms with Crippen LogP contribution in [0.5, 0.6) is 0 Å². The Kier molecular flexibility index (Phi) is 19.4. The Morgan fingerprint density at radius 2 is 0.953 bits per heavy atom. The number of fused-ring (bicyclic) bond motifs is 6. The van der Waals surface area contributed by atoms with Crippen LogP contribution >= 0.6 is 15.9 Å². The van der Waals surface area contributed by atoms with Crippen LogP contribution in [0, 0.1) is 11.3 Å². The second-order valence-electron chi connectivity index (χ2n) is 22.8. The molecule has 434 valence electrons. The highest BCUT2D eigenvalue weighted by molar-refractivity contribution is 9.10. The number of hydrogen-bond acceptors (Lipinski definition) is 13. The number of hydrogen-bond donors (Lipinski definition) is 4. The lowest BCUT2D eigenvalue weighted by molar-refractivity contribution is -0.116. The largest absolute Gasteiger partial charge is 0.354 e. The Labute approximate surface area is 508 Å². The molecule has 2 fully saturated rings. The number of rotatable bonds is 18. The van der Waals surface area contributed by atoms with Crippen LogP contribution in [0.3, 0.4) is 0 Å². The van der Waals surface area contributed by atoms with Crippen LogP contribution in [0.4, 0.5) is 23.3 Å². The van der Waals surface area contributed by atoms with E-state index in [1.807, 2.05) is 73.1 Å². The van der Waals surface area contributed by atoms with E-state index < -0.39 is 0 Å². The predicted molar refractivity (Wildman–Crippen MR) is 343 cm³/mol. The van der Waals surface area contributed by atoms with Gasteiger partial charge in [0, 0.05) is 117 Å². The van der Waals surface area contributed by atoms with E-state index in [4.69, 9.17) is 15.2 Å². The van der Waals surface area contributed by atoms with E-state index >= 15 is 0 Å². The molecular formula is C69H74BrN13O2. The van der Waals surface area contributed by atoms with E-state index in [1.165, 1.54) is 27.8 Å². The summed E-state index contributed by atoms with van der Waals surface area (Å²) in [5.74, 6) is 1.65. The normalized spacial score (nSPS) is 16.7. The van der Waals surface area contributed by atoms with Crippen LogP contribution < -0.4 is 21.3 Å². The molecule has 4 heterocycles. The molecule has 4 N–H and O–H groups in total. The number of anilines is 4. The summed E-state index contributed by atoms with van der Waals surface area (Å²) in [7, 11) is 4.38. The first-order valence-corrected chi connectivity index (χ1v) is 30.6. The number of nitrogens with zero attached hydrogens (tertiary/aromatic N) is 9. The molecule has 4 aliphatic rings. The molecular weight excluding hydrogens is 1120 g/mol. The Morgan fingerprint density at radius 3 is 1.38 bits per heavy atom. The number of carbonyl (C=O) groups is 2. The number of piperazine rings is 2. The van der Waals surface area contributed by atoms with Gasteiger partial charge in [0.1, 0.15) is 0 Å². The number of nitrogens with one attached hydrogen (secondary N) is 4. The van der Waals surface area contributed by atoms with Gasteiger partial charge in [-0.15, -0.1) is 0 Å². The summed E-state index contributed by atoms with van der Waals surface area (Å²) in [6.45, 7) is 13.1. The summed E-state index contributed by atoms with van der Waals surface area (Å²) in [6.07, 6.45) is 8.36. The lowest BCUT2D eigenvalue weighted by Gasteiger charge is -2.32. The molecule has 2 atom stereocenters. The fourth-order valence-electron chi connectivity index (χ4n) is 11.9. The summed E-state index contributed by atoms with van der Waals surface area (Å²) in [5, 5.41) is 21.9. The molecule has 2 aliphatic heterocycles. The lowest BCUT2D eigenvalue weighted by atomic mass is 9.78. The molecule has 2 aliphatic carbocycles. The minimum atomic E-state index is -0.0877. The van der Waals surface area contributed by atoms with Crippen molar-refractivity contribution in [1.82, 2.24) is 39.5 Å². The zero-order chi connectivity index (χ0) is 58.5. The van der Waals surface area contributed by atoms with Gasteiger partial charge >= 0.3 is 0 Å². The Morgan fingerprint density at radius 1 is 0.541 bits per heavy atom. The maximum Gasteiger partial charge on any atom is 0.228 e. The van der Waals surface area contributed by atoms with Crippen molar-refractivity contribution < 1.29 is 9.59 Å². The molecule has 16 heteroatoms. The van der Waals surface area contributed by atoms with Gasteiger partial charge in [0.15, 0.2) is 0 Å². The maximum absolute atomic E-state index is 12.6. The first-order valence-electron chi connectivity index (χ1n) is 29.8. The van der Waals surface area contributed by atoms with E-state index in [9.17, 15) is 9.59 Å². The number of likely N-dealkylation sites (N-methyl/N-ethyl adjacent to an activating group) is 2. The van der Waals surface area contributed by atoms with Gasteiger partial charge in [-0.2, -0.15) is 5.26 Å². The van der Waals surface area contributed by atoms with Gasteiger partial charge in [0.25, 0.3) is 0 Å². The Hall–Kier alpha value is -8.17. The van der Waals surface area contributed by atoms with E-state index in [-0.39, 0.29) is 30.1 Å². The molecule has 2 saturated heterocycles. The Bertz CT molecular complexity index is 3600. The summed E-state index contributed by atoms with van der Waals surface area (Å²) in [4.78, 5) is 54.3. The molecule has 0 radical (unpaired) electrons. The van der Waals surface area contributed by atoms with E-state index in [2.05, 4.69) is 160 Å². The van der Waals surface area contributed by atoms with Crippen molar-refractivity contribution in [2.75, 3.05) is 114 Å². The molecule has 2 amide bonds. The van der Waals surface area contributed by atoms with Gasteiger partial charge in [0.05, 0.1) is 35.9 Å². The average molecular weight is 1200 g/mol. The molecule has 0 bridgehead atoms. The summed E-state index contributed by atoms with van der Waals surface area (Å²) in [6, 6.07) is 50.5. The van der Waals surface area contributed by atoms with Crippen LogP contribution in [0.15, 0.2) is 162 Å². The topological polar surface area (TPSA) is 171 Å². The van der Waals surface area contributed by atoms with E-state index in [1.54, 1.807) is 12.1 Å². The third-order valence-corrected chi connectivity index (χ3v) is 17.3. The number of amides is 2. The fraction of sp³-hybridized carbons (Fsp3) is 0.319. The second-order valence-corrected chi connectivity index (χ2v) is 23.7. The van der Waals surface area contributed by atoms with Gasteiger partial charge in [0.2, 0.25) is 23.7 Å². The second kappa shape index (κ2) is 28.1. The molecule has 85 heavy (non-hydrogen) atoms. The number of benzene rings is 6. The molecule has 2 aromatic heterocycles. The summed E-state index contributed by atoms with van der Waals surface area (Å²) < 4.78 is 1.00. The van der Waals surface area contributed by atoms with Crippen molar-refractivity contribution in [1.29, 1.82) is 5.26 Å². The van der Waals surface area contributed by atoms with Crippen molar-refractivity contribution in [2.45, 2.75) is 50.4 Å². The van der Waals surface area contributed by atoms with Crippen molar-refractivity contribution in [3.63, 3.8) is 0 Å². The molecule has 2 unspecified atom stereocenters. The average Bonchev–Trinajstić information content (AvgIpc) is 2.27. The van der Waals surface area contributed by atoms with Crippen molar-refractivity contribution in [3.8, 4) is 28.6 Å². The van der Waals surface area contributed by atoms with Gasteiger partial charge in [-0.3, -0.25) is 9.59 Å². The van der Waals surface area contributed by atoms with Gasteiger partial charge in [-0.05, 0) is 146 Å². The van der Waals surface area contributed by atoms with Crippen LogP contribution in [0.1, 0.15) is 74.7 Å². The quantitative estimate of drug-likeness (QED) is 0.0599. The molecule has 15 nitrogen and oxygen atoms in total. The third-order valence-electron chi connectivity index (χ3n) is 16.7. The highest BCUT2D eigenvalue weighted by Crippen LogP contribution is 2.44. The maximum atomic E-state index is 12.6. The van der Waals surface area contributed by atoms with E-state index in [0.717, 1.165) is 159 Å². The number of nitriles is 1. The number of aromatic nitrogens is 4. The van der Waals surface area contributed by atoms with Gasteiger partial charge in [-0.25, -0.2) is 19.9 Å². The molecule has 12 rings (SSSR count). The first-order chi connectivity index (χ1) is 41.6. The van der Waals surface area contributed by atoms with Gasteiger partial charge in [-0.1, -0.05) is 113 Å². The van der Waals surface area contributed by atoms with Crippen molar-refractivity contribution >= 4 is 51.0 Å². The van der Waals surface area contributed by atoms with Crippen molar-refractivity contribution in [3.05, 3.63) is 213 Å². The SMILES string of the molecule is CN1CCN(CCCNc2ncc3c(n2)-c2ccccc2C(c2ccc(NC(=O)Cc4ccc(Br)cc4)cc2)C3)CC1.CN1CCN(CCCNc2ncc3c(n2)-c2ccccc2C(c2ccc(NC(=O)Cc4ccc(C#N)cc4)cc2)C3)CC1. The standard InChI is InChI=1S/C35H37N7O.C34H37BrN6O/c1-41-17-19-42(20-18-41)16-4-15-37-35-38-24-28-22-32(30-5-2-3-6-31(30)34(28)40-35)27-11-13-29(14-12-27)39-33(43)21-25-7-9-26(23-36)10-8-25;1-40-17-19-41(20-18-40)16-4-15-36-34-37-23-26-22-31(29-5-2-3-6-30(29)33(26)39-34)25-9-13-28(14-10-25)38-32(42)21-24-7-11-27(35)12-8-24/h2-3,5-14,24,32H,4,15-22H2,1H3,(H,39,43)(H,37,38,40);2-3,5-14,23,31H,4,15-22H2,1H3,(H,38,42)(H,36,37,39). The Balaban J connectivity index is 0.000000177. The summed E-state index contributed by atoms with van der Waals surface area (Å²) >= 11 is 3.44. The molecule has 6 aromatic carbocycles. The predicted octanol–water partition coefficient (Wildman–Crippen LogP) is 10.8. The highest BCUT2D eigenvalue weighted by atomic mass is 79.9. The van der Waals surface area contributed by atoms with Crippen LogP contribution in [0.25, 0.3) is 22.5 Å². The zero-order valence-corrected chi connectivity index (χ0v) is 50.2. The minimum Gasteiger partial charge on any atom is -0.354 e.